The first-order chi connectivity index (χ1) is 8.55. The van der Waals surface area contributed by atoms with Gasteiger partial charge < -0.3 is 0 Å². The van der Waals surface area contributed by atoms with E-state index in [-0.39, 0.29) is 41.5 Å². The summed E-state index contributed by atoms with van der Waals surface area (Å²) in [5.41, 5.74) is 0.885. The summed E-state index contributed by atoms with van der Waals surface area (Å²) in [5, 5.41) is -0.660. The Morgan fingerprint density at radius 2 is 1.94 bits per heavy atom. The maximum atomic E-state index is 11.5. The molecule has 1 unspecified atom stereocenters. The van der Waals surface area contributed by atoms with Crippen LogP contribution >= 0.6 is 41.5 Å². The molecule has 0 saturated carbocycles. The number of rotatable bonds is 8. The van der Waals surface area contributed by atoms with E-state index >= 15 is 0 Å². The number of unbranched alkanes of at least 4 members (excludes halogenated alkanes) is 4. The number of hydrogen-bond acceptors (Lipinski definition) is 2. The Balaban J connectivity index is 2.56. The van der Waals surface area contributed by atoms with Crippen molar-refractivity contribution >= 4 is 57.6 Å². The van der Waals surface area contributed by atoms with E-state index in [9.17, 15) is 13.0 Å². The molecule has 0 amide bonds. The first-order valence-electron chi connectivity index (χ1n) is 6.11. The van der Waals surface area contributed by atoms with Crippen molar-refractivity contribution in [1.82, 2.24) is 0 Å². The van der Waals surface area contributed by atoms with Gasteiger partial charge in [-0.3, -0.25) is 4.55 Å². The highest BCUT2D eigenvalue weighted by atomic mass is 127. The molecule has 6 heteroatoms. The monoisotopic (exact) mass is 498 g/mol. The molecule has 18 heavy (non-hydrogen) atoms. The fraction of sp³-hybridized carbons (Fsp3) is 0.667. The second kappa shape index (κ2) is 8.91. The molecule has 1 rings (SSSR count). The molecule has 1 aliphatic heterocycles. The summed E-state index contributed by atoms with van der Waals surface area (Å²) in [5.74, 6) is 0. The van der Waals surface area contributed by atoms with Gasteiger partial charge in [-0.05, 0) is 20.1 Å². The second-order valence-electron chi connectivity index (χ2n) is 4.26. The summed E-state index contributed by atoms with van der Waals surface area (Å²) >= 11 is -0.156. The van der Waals surface area contributed by atoms with Crippen LogP contribution in [-0.4, -0.2) is 24.3 Å². The molecule has 0 aliphatic carbocycles. The topological polar surface area (TPSA) is 54.4 Å². The Kier molecular flexibility index (Phi) is 8.37. The summed E-state index contributed by atoms with van der Waals surface area (Å²) in [4.78, 5) is 0. The van der Waals surface area contributed by atoms with Crippen molar-refractivity contribution in [3.8, 4) is 0 Å². The van der Waals surface area contributed by atoms with Crippen LogP contribution in [0.25, 0.3) is 0 Å². The average Bonchev–Trinajstić information content (AvgIpc) is 2.33. The Morgan fingerprint density at radius 1 is 1.22 bits per heavy atom. The van der Waals surface area contributed by atoms with Crippen molar-refractivity contribution in [1.29, 1.82) is 0 Å². The van der Waals surface area contributed by atoms with Crippen LogP contribution in [-0.2, 0) is 10.1 Å². The van der Waals surface area contributed by atoms with Gasteiger partial charge in [0.25, 0.3) is 10.1 Å². The SMILES string of the molecule is CCCCCCCC(C1=CI=CI=C1)S(=O)(=O)O. The lowest BCUT2D eigenvalue weighted by atomic mass is 10.1. The van der Waals surface area contributed by atoms with E-state index in [1.807, 2.05) is 8.09 Å². The zero-order valence-electron chi connectivity index (χ0n) is 10.5. The fourth-order valence-corrected chi connectivity index (χ4v) is 9.29. The lowest BCUT2D eigenvalue weighted by Gasteiger charge is -2.15. The van der Waals surface area contributed by atoms with Crippen molar-refractivity contribution in [2.24, 2.45) is 0 Å². The Morgan fingerprint density at radius 3 is 2.50 bits per heavy atom. The highest BCUT2D eigenvalue weighted by molar-refractivity contribution is 14.3. The fourth-order valence-electron chi connectivity index (χ4n) is 1.81. The van der Waals surface area contributed by atoms with Crippen molar-refractivity contribution in [3.63, 3.8) is 0 Å². The largest absolute Gasteiger partial charge is 0.285 e. The van der Waals surface area contributed by atoms with Gasteiger partial charge in [0.2, 0.25) is 0 Å². The van der Waals surface area contributed by atoms with Gasteiger partial charge in [0, 0.05) is 2.02 Å². The zero-order valence-corrected chi connectivity index (χ0v) is 15.6. The normalized spacial score (nSPS) is 17.6. The molecule has 0 aromatic heterocycles. The van der Waals surface area contributed by atoms with Gasteiger partial charge in [-0.2, -0.15) is 8.42 Å². The summed E-state index contributed by atoms with van der Waals surface area (Å²) < 4.78 is 38.7. The predicted molar refractivity (Wildman–Crippen MR) is 97.0 cm³/mol. The van der Waals surface area contributed by atoms with Crippen LogP contribution in [0.3, 0.4) is 0 Å². The minimum Gasteiger partial charge on any atom is -0.285 e. The minimum atomic E-state index is -3.94. The lowest BCUT2D eigenvalue weighted by Crippen LogP contribution is -2.23. The number of hydrogen-bond donors (Lipinski definition) is 1. The molecule has 0 aromatic rings. The molecular weight excluding hydrogens is 478 g/mol. The summed E-state index contributed by atoms with van der Waals surface area (Å²) in [6.45, 7) is 2.16. The molecule has 1 atom stereocenters. The number of halogens is 2. The molecule has 0 fully saturated rings. The highest BCUT2D eigenvalue weighted by Crippen LogP contribution is 2.25. The van der Waals surface area contributed by atoms with E-state index in [4.69, 9.17) is 0 Å². The van der Waals surface area contributed by atoms with Crippen LogP contribution in [0.1, 0.15) is 45.4 Å². The molecule has 1 heterocycles. The zero-order chi connectivity index (χ0) is 13.4. The molecule has 1 aliphatic rings. The summed E-state index contributed by atoms with van der Waals surface area (Å²) in [6, 6.07) is 0. The second-order valence-corrected chi connectivity index (χ2v) is 12.2. The average molecular weight is 498 g/mol. The van der Waals surface area contributed by atoms with Crippen LogP contribution < -0.4 is 0 Å². The standard InChI is InChI=1S/C12H20I2O3S/c1-2-3-4-5-6-7-12(18(15,16)17)11-8-13-10-14-9-11/h8-10,12H,2-7H2,1H3,(H,15,16,17). The van der Waals surface area contributed by atoms with Crippen molar-refractivity contribution in [3.05, 3.63) is 9.66 Å². The van der Waals surface area contributed by atoms with Gasteiger partial charge in [-0.25, -0.2) is 0 Å². The molecule has 106 valence electrons. The predicted octanol–water partition coefficient (Wildman–Crippen LogP) is 4.00. The Bertz CT molecular complexity index is 438. The first-order valence-corrected chi connectivity index (χ1v) is 12.6. The quantitative estimate of drug-likeness (QED) is 0.313. The van der Waals surface area contributed by atoms with E-state index in [2.05, 4.69) is 8.94 Å². The molecule has 0 aromatic carbocycles. The Hall–Kier alpha value is 0.850. The third-order valence-corrected chi connectivity index (χ3v) is 10.3. The van der Waals surface area contributed by atoms with Gasteiger partial charge >= 0.3 is 0 Å². The minimum absolute atomic E-state index is 0.0780. The van der Waals surface area contributed by atoms with Crippen LogP contribution in [0.5, 0.6) is 0 Å². The van der Waals surface area contributed by atoms with Crippen LogP contribution in [0, 0.1) is 0 Å². The molecule has 0 saturated heterocycles. The van der Waals surface area contributed by atoms with Crippen molar-refractivity contribution in [2.45, 2.75) is 50.7 Å². The molecule has 0 bridgehead atoms. The summed E-state index contributed by atoms with van der Waals surface area (Å²) in [6.07, 6.45) is 6.06. The third-order valence-electron chi connectivity index (χ3n) is 2.77. The van der Waals surface area contributed by atoms with E-state index in [1.54, 1.807) is 0 Å². The lowest BCUT2D eigenvalue weighted by molar-refractivity contribution is 0.467. The first kappa shape index (κ1) is 16.9. The van der Waals surface area contributed by atoms with E-state index < -0.39 is 15.4 Å². The summed E-state index contributed by atoms with van der Waals surface area (Å²) in [7, 11) is -3.94. The maximum absolute atomic E-state index is 11.5. The van der Waals surface area contributed by atoms with E-state index in [0.717, 1.165) is 24.8 Å². The van der Waals surface area contributed by atoms with E-state index in [1.165, 1.54) is 12.8 Å². The molecule has 0 radical (unpaired) electrons. The van der Waals surface area contributed by atoms with Crippen LogP contribution in [0.4, 0.5) is 0 Å². The van der Waals surface area contributed by atoms with Gasteiger partial charge in [0.05, 0.1) is 0 Å². The van der Waals surface area contributed by atoms with Gasteiger partial charge in [0.1, 0.15) is 5.25 Å². The molecule has 1 N–H and O–H groups in total. The van der Waals surface area contributed by atoms with Gasteiger partial charge in [-0.1, -0.05) is 80.5 Å². The van der Waals surface area contributed by atoms with Crippen molar-refractivity contribution in [2.75, 3.05) is 0 Å². The van der Waals surface area contributed by atoms with Gasteiger partial charge in [-0.15, -0.1) is 0 Å². The van der Waals surface area contributed by atoms with E-state index in [0.29, 0.717) is 6.42 Å². The molecule has 3 nitrogen and oxygen atoms in total. The van der Waals surface area contributed by atoms with Crippen molar-refractivity contribution < 1.29 is 13.0 Å². The Labute approximate surface area is 130 Å². The van der Waals surface area contributed by atoms with Crippen LogP contribution in [0.15, 0.2) is 9.66 Å². The maximum Gasteiger partial charge on any atom is 0.272 e. The molecule has 0 spiro atoms. The van der Waals surface area contributed by atoms with Gasteiger partial charge in [0.15, 0.2) is 0 Å². The highest BCUT2D eigenvalue weighted by Gasteiger charge is 2.25. The van der Waals surface area contributed by atoms with Crippen LogP contribution in [0.2, 0.25) is 0 Å². The molecular formula is C12H20I2O3S. The third kappa shape index (κ3) is 6.33. The smallest absolute Gasteiger partial charge is 0.272 e.